The number of nitrogens with zero attached hydrogens (tertiary/aromatic N) is 1. The van der Waals surface area contributed by atoms with Gasteiger partial charge in [0.2, 0.25) is 0 Å². The van der Waals surface area contributed by atoms with Crippen molar-refractivity contribution in [3.8, 4) is 0 Å². The Balaban J connectivity index is 3.22. The number of carboxylic acids is 2. The maximum Gasteiger partial charge on any atom is 0.338 e. The molecule has 8 nitrogen and oxygen atoms in total. The summed E-state index contributed by atoms with van der Waals surface area (Å²) in [6, 6.07) is 1.78. The van der Waals surface area contributed by atoms with Crippen LogP contribution >= 0.6 is 0 Å². The molecule has 0 aliphatic rings. The number of carbonyl (C=O) groups excluding carboxylic acids is 1. The molecule has 0 aromatic heterocycles. The molecule has 22 heavy (non-hydrogen) atoms. The highest BCUT2D eigenvalue weighted by atomic mass is 16.4. The molecular weight excluding hydrogens is 290 g/mol. The molecule has 0 aliphatic carbocycles. The first kappa shape index (κ1) is 17.4. The molecule has 0 bridgehead atoms. The molecule has 0 fully saturated rings. The van der Waals surface area contributed by atoms with Crippen molar-refractivity contribution in [2.75, 3.05) is 24.7 Å². The summed E-state index contributed by atoms with van der Waals surface area (Å²) in [7, 11) is 3.29. The molecule has 1 atom stereocenters. The maximum absolute atomic E-state index is 12.3. The molecule has 120 valence electrons. The van der Waals surface area contributed by atoms with Gasteiger partial charge in [0.25, 0.3) is 0 Å². The van der Waals surface area contributed by atoms with Crippen molar-refractivity contribution in [3.05, 3.63) is 23.3 Å². The fourth-order valence-corrected chi connectivity index (χ4v) is 2.03. The second-order valence-electron chi connectivity index (χ2n) is 5.03. The first-order valence-electron chi connectivity index (χ1n) is 6.51. The van der Waals surface area contributed by atoms with Gasteiger partial charge in [0.1, 0.15) is 6.04 Å². The van der Waals surface area contributed by atoms with Crippen LogP contribution in [0.4, 0.5) is 11.4 Å². The second kappa shape index (κ2) is 6.90. The molecule has 8 heteroatoms. The number of nitrogen functional groups attached to an aromatic ring is 1. The Bertz CT molecular complexity index is 613. The Morgan fingerprint density at radius 2 is 1.77 bits per heavy atom. The van der Waals surface area contributed by atoms with E-state index < -0.39 is 23.8 Å². The summed E-state index contributed by atoms with van der Waals surface area (Å²) in [6.07, 6.45) is -0.298. The summed E-state index contributed by atoms with van der Waals surface area (Å²) in [5, 5.41) is 18.1. The smallest absolute Gasteiger partial charge is 0.338 e. The van der Waals surface area contributed by atoms with Crippen LogP contribution in [-0.4, -0.2) is 48.1 Å². The minimum absolute atomic E-state index is 0.0388. The van der Waals surface area contributed by atoms with Gasteiger partial charge in [0.05, 0.1) is 16.8 Å². The lowest BCUT2D eigenvalue weighted by molar-refractivity contribution is -0.138. The predicted octanol–water partition coefficient (Wildman–Crippen LogP) is 0.408. The van der Waals surface area contributed by atoms with E-state index in [1.54, 1.807) is 19.0 Å². The third-order valence-electron chi connectivity index (χ3n) is 3.19. The van der Waals surface area contributed by atoms with Gasteiger partial charge < -0.3 is 26.6 Å². The number of ketones is 1. The average molecular weight is 309 g/mol. The number of carboxylic acid groups (broad SMARTS) is 2. The fraction of sp³-hybridized carbons (Fsp3) is 0.357. The van der Waals surface area contributed by atoms with Gasteiger partial charge >= 0.3 is 11.9 Å². The monoisotopic (exact) mass is 309 g/mol. The van der Waals surface area contributed by atoms with Crippen molar-refractivity contribution in [2.24, 2.45) is 5.73 Å². The summed E-state index contributed by atoms with van der Waals surface area (Å²) in [4.78, 5) is 36.0. The van der Waals surface area contributed by atoms with E-state index in [9.17, 15) is 19.5 Å². The quantitative estimate of drug-likeness (QED) is 0.418. The Labute approximate surface area is 127 Å². The molecule has 6 N–H and O–H groups in total. The minimum Gasteiger partial charge on any atom is -0.480 e. The summed E-state index contributed by atoms with van der Waals surface area (Å²) in [5.41, 5.74) is 11.2. The fourth-order valence-electron chi connectivity index (χ4n) is 2.03. The number of anilines is 2. The largest absolute Gasteiger partial charge is 0.480 e. The number of aromatic carboxylic acids is 1. The standard InChI is InChI=1S/C14H19N3O5/c1-17(2)9-5-3-7(15)11(12(9)14(21)22)10(18)6-4-8(16)13(19)20/h3,5,8H,4,6,15-16H2,1-2H3,(H,19,20)(H,21,22). The molecule has 1 aromatic rings. The molecule has 0 saturated carbocycles. The minimum atomic E-state index is -1.28. The highest BCUT2D eigenvalue weighted by molar-refractivity contribution is 6.12. The van der Waals surface area contributed by atoms with E-state index in [0.29, 0.717) is 5.69 Å². The van der Waals surface area contributed by atoms with Crippen LogP contribution in [0, 0.1) is 0 Å². The number of Topliss-reactive ketones (excluding diaryl/α,β-unsaturated/α-hetero) is 1. The van der Waals surface area contributed by atoms with E-state index >= 15 is 0 Å². The molecule has 1 aromatic carbocycles. The number of nitrogens with two attached hydrogens (primary N) is 2. The van der Waals surface area contributed by atoms with Crippen LogP contribution in [0.5, 0.6) is 0 Å². The van der Waals surface area contributed by atoms with Gasteiger partial charge in [0, 0.05) is 26.2 Å². The molecular formula is C14H19N3O5. The normalized spacial score (nSPS) is 11.8. The average Bonchev–Trinajstić information content (AvgIpc) is 2.43. The van der Waals surface area contributed by atoms with E-state index in [0.717, 1.165) is 0 Å². The highest BCUT2D eigenvalue weighted by Gasteiger charge is 2.25. The number of rotatable bonds is 7. The topological polar surface area (TPSA) is 147 Å². The van der Waals surface area contributed by atoms with Gasteiger partial charge in [-0.05, 0) is 18.6 Å². The number of aliphatic carboxylic acids is 1. The van der Waals surface area contributed by atoms with Crippen LogP contribution in [0.1, 0.15) is 33.6 Å². The van der Waals surface area contributed by atoms with E-state index in [4.69, 9.17) is 16.6 Å². The van der Waals surface area contributed by atoms with Crippen molar-refractivity contribution >= 4 is 29.1 Å². The number of carbonyl (C=O) groups is 3. The molecule has 0 aliphatic heterocycles. The third-order valence-corrected chi connectivity index (χ3v) is 3.19. The lowest BCUT2D eigenvalue weighted by Crippen LogP contribution is -2.30. The SMILES string of the molecule is CN(C)c1ccc(N)c(C(=O)CCC(N)C(=O)O)c1C(=O)O. The Hall–Kier alpha value is -2.61. The van der Waals surface area contributed by atoms with Gasteiger partial charge in [0.15, 0.2) is 5.78 Å². The zero-order valence-electron chi connectivity index (χ0n) is 12.4. The van der Waals surface area contributed by atoms with Gasteiger partial charge in [-0.3, -0.25) is 9.59 Å². The van der Waals surface area contributed by atoms with Gasteiger partial charge in [-0.25, -0.2) is 4.79 Å². The zero-order chi connectivity index (χ0) is 17.0. The summed E-state index contributed by atoms with van der Waals surface area (Å²) >= 11 is 0. The van der Waals surface area contributed by atoms with Crippen LogP contribution in [0.15, 0.2) is 12.1 Å². The molecule has 0 amide bonds. The van der Waals surface area contributed by atoms with E-state index in [1.807, 2.05) is 0 Å². The Morgan fingerprint density at radius 1 is 1.18 bits per heavy atom. The van der Waals surface area contributed by atoms with Crippen molar-refractivity contribution in [1.29, 1.82) is 0 Å². The van der Waals surface area contributed by atoms with Crippen LogP contribution in [0.25, 0.3) is 0 Å². The first-order chi connectivity index (χ1) is 10.2. The number of hydrogen-bond donors (Lipinski definition) is 4. The third kappa shape index (κ3) is 3.73. The van der Waals surface area contributed by atoms with E-state index in [2.05, 4.69) is 0 Å². The molecule has 1 rings (SSSR count). The predicted molar refractivity (Wildman–Crippen MR) is 81.3 cm³/mol. The highest BCUT2D eigenvalue weighted by Crippen LogP contribution is 2.29. The summed E-state index contributed by atoms with van der Waals surface area (Å²) in [6.45, 7) is 0. The summed E-state index contributed by atoms with van der Waals surface area (Å²) in [5.74, 6) is -3.04. The molecule has 0 spiro atoms. The van der Waals surface area contributed by atoms with Crippen LogP contribution in [-0.2, 0) is 4.79 Å². The number of hydrogen-bond acceptors (Lipinski definition) is 6. The van der Waals surface area contributed by atoms with Gasteiger partial charge in [-0.15, -0.1) is 0 Å². The zero-order valence-corrected chi connectivity index (χ0v) is 12.4. The molecule has 0 heterocycles. The van der Waals surface area contributed by atoms with Crippen LogP contribution < -0.4 is 16.4 Å². The van der Waals surface area contributed by atoms with Crippen molar-refractivity contribution in [3.63, 3.8) is 0 Å². The maximum atomic E-state index is 12.3. The number of benzene rings is 1. The molecule has 1 unspecified atom stereocenters. The molecule has 0 radical (unpaired) electrons. The Morgan fingerprint density at radius 3 is 2.23 bits per heavy atom. The second-order valence-corrected chi connectivity index (χ2v) is 5.03. The first-order valence-corrected chi connectivity index (χ1v) is 6.51. The summed E-state index contributed by atoms with van der Waals surface area (Å²) < 4.78 is 0. The lowest BCUT2D eigenvalue weighted by Gasteiger charge is -2.19. The van der Waals surface area contributed by atoms with Crippen LogP contribution in [0.3, 0.4) is 0 Å². The van der Waals surface area contributed by atoms with Crippen molar-refractivity contribution < 1.29 is 24.6 Å². The van der Waals surface area contributed by atoms with Crippen LogP contribution in [0.2, 0.25) is 0 Å². The Kier molecular flexibility index (Phi) is 5.47. The lowest BCUT2D eigenvalue weighted by atomic mass is 9.95. The van der Waals surface area contributed by atoms with E-state index in [1.165, 1.54) is 12.1 Å². The van der Waals surface area contributed by atoms with Gasteiger partial charge in [-0.1, -0.05) is 0 Å². The molecule has 0 saturated heterocycles. The van der Waals surface area contributed by atoms with Gasteiger partial charge in [-0.2, -0.15) is 0 Å². The van der Waals surface area contributed by atoms with Crippen molar-refractivity contribution in [1.82, 2.24) is 0 Å². The van der Waals surface area contributed by atoms with Crippen molar-refractivity contribution in [2.45, 2.75) is 18.9 Å². The van der Waals surface area contributed by atoms with E-state index in [-0.39, 0.29) is 29.7 Å².